The van der Waals surface area contributed by atoms with Gasteiger partial charge in [-0.15, -0.1) is 4.33 Å². The van der Waals surface area contributed by atoms with Gasteiger partial charge < -0.3 is 15.2 Å². The fraction of sp³-hybridized carbons (Fsp3) is 0.150. The number of carboxylic acids is 1. The SMILES string of the molecule is C.COc1c(C)c(SOOO)cc2ccc(Nc3ccc(C(=O)O)cc3)cc12. The molecule has 0 saturated heterocycles. The molecule has 3 aromatic rings. The van der Waals surface area contributed by atoms with E-state index in [9.17, 15) is 4.79 Å². The Kier molecular flexibility index (Phi) is 7.24. The summed E-state index contributed by atoms with van der Waals surface area (Å²) in [4.78, 5) is 11.7. The predicted molar refractivity (Wildman–Crippen MR) is 109 cm³/mol. The van der Waals surface area contributed by atoms with Crippen LogP contribution in [0.3, 0.4) is 0 Å². The number of anilines is 2. The van der Waals surface area contributed by atoms with Crippen molar-refractivity contribution in [1.82, 2.24) is 0 Å². The maximum atomic E-state index is 10.9. The summed E-state index contributed by atoms with van der Waals surface area (Å²) in [7, 11) is 1.59. The fourth-order valence-corrected chi connectivity index (χ4v) is 3.28. The van der Waals surface area contributed by atoms with Crippen molar-refractivity contribution in [2.75, 3.05) is 12.4 Å². The lowest BCUT2D eigenvalue weighted by atomic mass is 10.0. The number of rotatable bonds is 7. The highest BCUT2D eigenvalue weighted by atomic mass is 32.2. The standard InChI is InChI=1S/C19H17NO6S.CH4/c1-11-17(27-26-25-23)9-13-5-8-15(10-16(13)18(11)24-2)20-14-6-3-12(4-7-14)19(21)22;/h3-10,20,23H,1-2H3,(H,21,22);1H4. The van der Waals surface area contributed by atoms with Crippen LogP contribution in [0.4, 0.5) is 11.4 Å². The summed E-state index contributed by atoms with van der Waals surface area (Å²) in [5.41, 5.74) is 2.68. The smallest absolute Gasteiger partial charge is 0.335 e. The molecule has 7 nitrogen and oxygen atoms in total. The zero-order chi connectivity index (χ0) is 19.4. The van der Waals surface area contributed by atoms with E-state index in [1.165, 1.54) is 0 Å². The minimum Gasteiger partial charge on any atom is -0.496 e. The van der Waals surface area contributed by atoms with Crippen molar-refractivity contribution < 1.29 is 29.3 Å². The molecular formula is C20H21NO6S. The van der Waals surface area contributed by atoms with E-state index in [2.05, 4.69) is 14.7 Å². The molecule has 3 N–H and O–H groups in total. The second-order valence-corrected chi connectivity index (χ2v) is 6.44. The Morgan fingerprint density at radius 3 is 2.36 bits per heavy atom. The van der Waals surface area contributed by atoms with Crippen molar-refractivity contribution in [3.8, 4) is 5.75 Å². The normalized spacial score (nSPS) is 10.4. The Bertz CT molecular complexity index is 975. The molecule has 0 aliphatic carbocycles. The summed E-state index contributed by atoms with van der Waals surface area (Å²) in [6, 6.07) is 14.2. The van der Waals surface area contributed by atoms with E-state index in [-0.39, 0.29) is 13.0 Å². The Morgan fingerprint density at radius 2 is 1.75 bits per heavy atom. The largest absolute Gasteiger partial charge is 0.496 e. The zero-order valence-electron chi connectivity index (χ0n) is 14.6. The minimum absolute atomic E-state index is 0. The highest BCUT2D eigenvalue weighted by molar-refractivity contribution is 7.94. The molecule has 0 aliphatic rings. The number of ether oxygens (including phenoxy) is 1. The zero-order valence-corrected chi connectivity index (χ0v) is 15.4. The monoisotopic (exact) mass is 403 g/mol. The predicted octanol–water partition coefficient (Wildman–Crippen LogP) is 5.66. The Morgan fingerprint density at radius 1 is 1.07 bits per heavy atom. The highest BCUT2D eigenvalue weighted by Gasteiger charge is 2.13. The van der Waals surface area contributed by atoms with Crippen LogP contribution in [0.25, 0.3) is 10.8 Å². The average Bonchev–Trinajstić information content (AvgIpc) is 2.67. The molecule has 0 spiro atoms. The first-order valence-electron chi connectivity index (χ1n) is 7.90. The number of methoxy groups -OCH3 is 1. The highest BCUT2D eigenvalue weighted by Crippen LogP contribution is 2.38. The summed E-state index contributed by atoms with van der Waals surface area (Å²) in [5, 5.41) is 26.1. The molecule has 8 heteroatoms. The first-order valence-corrected chi connectivity index (χ1v) is 8.64. The maximum absolute atomic E-state index is 10.9. The van der Waals surface area contributed by atoms with Gasteiger partial charge in [0.1, 0.15) is 5.75 Å². The number of benzene rings is 3. The molecule has 0 unspecified atom stereocenters. The van der Waals surface area contributed by atoms with E-state index in [1.807, 2.05) is 31.2 Å². The van der Waals surface area contributed by atoms with Crippen LogP contribution < -0.4 is 10.1 Å². The lowest BCUT2D eigenvalue weighted by molar-refractivity contribution is -0.432. The quantitative estimate of drug-likeness (QED) is 0.264. The van der Waals surface area contributed by atoms with Crippen LogP contribution in [0.2, 0.25) is 0 Å². The Hall–Kier alpha value is -2.78. The van der Waals surface area contributed by atoms with E-state index in [4.69, 9.17) is 15.1 Å². The van der Waals surface area contributed by atoms with Gasteiger partial charge in [-0.25, -0.2) is 10.1 Å². The van der Waals surface area contributed by atoms with Crippen LogP contribution in [-0.2, 0) is 9.37 Å². The van der Waals surface area contributed by atoms with Crippen LogP contribution >= 0.6 is 12.0 Å². The third-order valence-electron chi connectivity index (χ3n) is 4.07. The lowest BCUT2D eigenvalue weighted by Crippen LogP contribution is -1.97. The van der Waals surface area contributed by atoms with Crippen molar-refractivity contribution >= 4 is 40.2 Å². The van der Waals surface area contributed by atoms with Gasteiger partial charge in [0.05, 0.1) is 24.7 Å². The summed E-state index contributed by atoms with van der Waals surface area (Å²) < 4.78 is 10.1. The van der Waals surface area contributed by atoms with Gasteiger partial charge in [-0.3, -0.25) is 0 Å². The third kappa shape index (κ3) is 4.55. The molecule has 0 fully saturated rings. The molecule has 3 rings (SSSR count). The topological polar surface area (TPSA) is 97.3 Å². The van der Waals surface area contributed by atoms with Gasteiger partial charge in [-0.05, 0) is 54.8 Å². The van der Waals surface area contributed by atoms with E-state index >= 15 is 0 Å². The number of aromatic carboxylic acids is 1. The van der Waals surface area contributed by atoms with Crippen LogP contribution in [0.15, 0.2) is 53.4 Å². The van der Waals surface area contributed by atoms with E-state index < -0.39 is 5.97 Å². The first kappa shape index (κ1) is 21.5. The summed E-state index contributed by atoms with van der Waals surface area (Å²) in [6.07, 6.45) is 0. The van der Waals surface area contributed by atoms with Gasteiger partial charge in [-0.2, -0.15) is 0 Å². The molecule has 148 valence electrons. The van der Waals surface area contributed by atoms with E-state index in [1.54, 1.807) is 31.4 Å². The number of carboxylic acid groups (broad SMARTS) is 1. The first-order chi connectivity index (χ1) is 13.0. The Labute approximate surface area is 166 Å². The maximum Gasteiger partial charge on any atom is 0.335 e. The second-order valence-electron chi connectivity index (χ2n) is 5.70. The molecule has 0 atom stereocenters. The van der Waals surface area contributed by atoms with Gasteiger partial charge in [0.15, 0.2) is 0 Å². The summed E-state index contributed by atoms with van der Waals surface area (Å²) in [6.45, 7) is 1.88. The Balaban J connectivity index is 0.00000280. The molecule has 0 heterocycles. The van der Waals surface area contributed by atoms with Crippen LogP contribution in [0.5, 0.6) is 5.75 Å². The second kappa shape index (κ2) is 9.43. The summed E-state index contributed by atoms with van der Waals surface area (Å²) in [5.74, 6) is -0.280. The van der Waals surface area contributed by atoms with Crippen LogP contribution in [0, 0.1) is 6.92 Å². The molecule has 0 saturated carbocycles. The third-order valence-corrected chi connectivity index (χ3v) is 4.81. The van der Waals surface area contributed by atoms with Crippen molar-refractivity contribution in [1.29, 1.82) is 0 Å². The van der Waals surface area contributed by atoms with Crippen molar-refractivity contribution in [2.45, 2.75) is 19.2 Å². The van der Waals surface area contributed by atoms with Crippen molar-refractivity contribution in [3.05, 3.63) is 59.7 Å². The molecule has 0 radical (unpaired) electrons. The number of fused-ring (bicyclic) bond motifs is 1. The number of hydrogen-bond acceptors (Lipinski definition) is 7. The average molecular weight is 403 g/mol. The fourth-order valence-electron chi connectivity index (χ4n) is 2.78. The van der Waals surface area contributed by atoms with Gasteiger partial charge in [0.2, 0.25) is 0 Å². The molecule has 0 aliphatic heterocycles. The molecular weight excluding hydrogens is 382 g/mol. The number of carbonyl (C=O) groups is 1. The van der Waals surface area contributed by atoms with Crippen LogP contribution in [0.1, 0.15) is 23.3 Å². The number of nitrogens with one attached hydrogen (secondary N) is 1. The van der Waals surface area contributed by atoms with E-state index in [0.717, 1.165) is 44.6 Å². The molecule has 28 heavy (non-hydrogen) atoms. The molecule has 0 amide bonds. The van der Waals surface area contributed by atoms with Gasteiger partial charge in [0.25, 0.3) is 0 Å². The van der Waals surface area contributed by atoms with Gasteiger partial charge in [0, 0.05) is 27.2 Å². The lowest BCUT2D eigenvalue weighted by Gasteiger charge is -2.14. The summed E-state index contributed by atoms with van der Waals surface area (Å²) >= 11 is 0.886. The molecule has 3 aromatic carbocycles. The van der Waals surface area contributed by atoms with Crippen molar-refractivity contribution in [3.63, 3.8) is 0 Å². The minimum atomic E-state index is -0.961. The van der Waals surface area contributed by atoms with Crippen LogP contribution in [-0.4, -0.2) is 23.4 Å². The van der Waals surface area contributed by atoms with Gasteiger partial charge >= 0.3 is 5.97 Å². The van der Waals surface area contributed by atoms with E-state index in [0.29, 0.717) is 5.75 Å². The number of hydrogen-bond donors (Lipinski definition) is 3. The molecule has 0 aromatic heterocycles. The van der Waals surface area contributed by atoms with Gasteiger partial charge in [-0.1, -0.05) is 18.5 Å². The molecule has 0 bridgehead atoms. The van der Waals surface area contributed by atoms with Crippen molar-refractivity contribution in [2.24, 2.45) is 0 Å².